The van der Waals surface area contributed by atoms with E-state index in [2.05, 4.69) is 10.0 Å². The molecule has 2 aliphatic rings. The van der Waals surface area contributed by atoms with Gasteiger partial charge in [-0.1, -0.05) is 0 Å². The van der Waals surface area contributed by atoms with Crippen molar-refractivity contribution in [3.05, 3.63) is 0 Å². The van der Waals surface area contributed by atoms with Crippen molar-refractivity contribution in [2.24, 2.45) is 5.92 Å². The fourth-order valence-electron chi connectivity index (χ4n) is 1.49. The van der Waals surface area contributed by atoms with Crippen molar-refractivity contribution < 1.29 is 8.42 Å². The maximum atomic E-state index is 11.5. The monoisotopic (exact) mass is 204 g/mol. The van der Waals surface area contributed by atoms with Crippen LogP contribution in [0.4, 0.5) is 0 Å². The zero-order valence-electron chi connectivity index (χ0n) is 7.79. The molecule has 0 aromatic carbocycles. The van der Waals surface area contributed by atoms with Gasteiger partial charge in [0.15, 0.2) is 0 Å². The molecule has 1 saturated heterocycles. The molecule has 5 heteroatoms. The highest BCUT2D eigenvalue weighted by molar-refractivity contribution is 7.90. The van der Waals surface area contributed by atoms with Crippen LogP contribution in [-0.2, 0) is 10.0 Å². The third-order valence-corrected chi connectivity index (χ3v) is 4.88. The minimum atomic E-state index is -2.99. The van der Waals surface area contributed by atoms with Gasteiger partial charge >= 0.3 is 0 Å². The van der Waals surface area contributed by atoms with Gasteiger partial charge in [0, 0.05) is 19.1 Å². The van der Waals surface area contributed by atoms with E-state index < -0.39 is 10.0 Å². The molecule has 0 radical (unpaired) electrons. The second kappa shape index (κ2) is 3.22. The van der Waals surface area contributed by atoms with Gasteiger partial charge in [0.1, 0.15) is 0 Å². The summed E-state index contributed by atoms with van der Waals surface area (Å²) in [4.78, 5) is 0. The van der Waals surface area contributed by atoms with Crippen molar-refractivity contribution in [3.8, 4) is 0 Å². The maximum Gasteiger partial charge on any atom is 0.214 e. The van der Waals surface area contributed by atoms with E-state index >= 15 is 0 Å². The zero-order valence-corrected chi connectivity index (χ0v) is 8.60. The average molecular weight is 204 g/mol. The van der Waals surface area contributed by atoms with Crippen molar-refractivity contribution in [2.75, 3.05) is 13.1 Å². The first kappa shape index (κ1) is 9.43. The molecule has 4 nitrogen and oxygen atoms in total. The highest BCUT2D eigenvalue weighted by atomic mass is 32.2. The molecule has 0 spiro atoms. The molecule has 1 aliphatic heterocycles. The van der Waals surface area contributed by atoms with Gasteiger partial charge in [0.2, 0.25) is 10.0 Å². The van der Waals surface area contributed by atoms with E-state index in [9.17, 15) is 8.42 Å². The third-order valence-electron chi connectivity index (χ3n) is 2.83. The summed E-state index contributed by atoms with van der Waals surface area (Å²) in [7, 11) is -2.99. The fraction of sp³-hybridized carbons (Fsp3) is 1.00. The molecule has 0 aromatic rings. The van der Waals surface area contributed by atoms with Crippen LogP contribution in [-0.4, -0.2) is 32.8 Å². The van der Waals surface area contributed by atoms with E-state index in [0.717, 1.165) is 25.9 Å². The van der Waals surface area contributed by atoms with Gasteiger partial charge in [0.25, 0.3) is 0 Å². The van der Waals surface area contributed by atoms with E-state index in [-0.39, 0.29) is 11.3 Å². The summed E-state index contributed by atoms with van der Waals surface area (Å²) in [6.45, 7) is 3.83. The number of nitrogens with one attached hydrogen (secondary N) is 2. The van der Waals surface area contributed by atoms with Crippen molar-refractivity contribution >= 4 is 10.0 Å². The van der Waals surface area contributed by atoms with E-state index in [4.69, 9.17) is 0 Å². The van der Waals surface area contributed by atoms with Crippen LogP contribution in [0, 0.1) is 5.92 Å². The number of hydrogen-bond acceptors (Lipinski definition) is 3. The molecule has 1 saturated carbocycles. The summed E-state index contributed by atoms with van der Waals surface area (Å²) < 4.78 is 25.8. The lowest BCUT2D eigenvalue weighted by atomic mass is 9.96. The summed E-state index contributed by atoms with van der Waals surface area (Å²) >= 11 is 0. The maximum absolute atomic E-state index is 11.5. The van der Waals surface area contributed by atoms with Crippen LogP contribution in [0.15, 0.2) is 0 Å². The second-order valence-electron chi connectivity index (χ2n) is 4.07. The molecule has 1 heterocycles. The van der Waals surface area contributed by atoms with Crippen LogP contribution in [0.3, 0.4) is 0 Å². The number of rotatable bonds is 4. The predicted octanol–water partition coefficient (Wildman–Crippen LogP) is -0.324. The highest BCUT2D eigenvalue weighted by Crippen LogP contribution is 2.28. The van der Waals surface area contributed by atoms with Crippen molar-refractivity contribution in [1.82, 2.24) is 10.0 Å². The molecule has 76 valence electrons. The van der Waals surface area contributed by atoms with Gasteiger partial charge in [-0.05, 0) is 25.7 Å². The Kier molecular flexibility index (Phi) is 2.33. The minimum absolute atomic E-state index is 0.0897. The Balaban J connectivity index is 1.88. The number of sulfonamides is 1. The first-order valence-electron chi connectivity index (χ1n) is 4.81. The summed E-state index contributed by atoms with van der Waals surface area (Å²) in [6.07, 6.45) is 1.68. The molecule has 0 aromatic heterocycles. The molecular formula is C8H16N2O2S. The molecule has 13 heavy (non-hydrogen) atoms. The van der Waals surface area contributed by atoms with Crippen LogP contribution in [0.25, 0.3) is 0 Å². The highest BCUT2D eigenvalue weighted by Gasteiger charge is 2.38. The molecule has 1 atom stereocenters. The zero-order chi connectivity index (χ0) is 9.47. The largest absolute Gasteiger partial charge is 0.316 e. The lowest BCUT2D eigenvalue weighted by molar-refractivity contribution is 0.290. The quantitative estimate of drug-likeness (QED) is 0.659. The SMILES string of the molecule is CC(NS(=O)(=O)C1CC1)C1CNC1. The molecule has 2 fully saturated rings. The van der Waals surface area contributed by atoms with Gasteiger partial charge in [-0.3, -0.25) is 0 Å². The van der Waals surface area contributed by atoms with E-state index in [1.54, 1.807) is 0 Å². The van der Waals surface area contributed by atoms with Gasteiger partial charge in [-0.15, -0.1) is 0 Å². The molecule has 1 aliphatic carbocycles. The summed E-state index contributed by atoms with van der Waals surface area (Å²) in [6, 6.07) is 0.0897. The Hall–Kier alpha value is -0.130. The topological polar surface area (TPSA) is 58.2 Å². The van der Waals surface area contributed by atoms with Gasteiger partial charge in [-0.2, -0.15) is 0 Å². The van der Waals surface area contributed by atoms with Crippen molar-refractivity contribution in [2.45, 2.75) is 31.1 Å². The normalized spacial score (nSPS) is 26.8. The first-order valence-corrected chi connectivity index (χ1v) is 6.36. The van der Waals surface area contributed by atoms with Crippen LogP contribution >= 0.6 is 0 Å². The molecule has 2 rings (SSSR count). The van der Waals surface area contributed by atoms with Gasteiger partial charge in [-0.25, -0.2) is 13.1 Å². The van der Waals surface area contributed by atoms with Crippen LogP contribution in [0.2, 0.25) is 0 Å². The smallest absolute Gasteiger partial charge is 0.214 e. The Morgan fingerprint density at radius 2 is 2.00 bits per heavy atom. The lowest BCUT2D eigenvalue weighted by Crippen LogP contribution is -2.53. The Morgan fingerprint density at radius 1 is 1.38 bits per heavy atom. The standard InChI is InChI=1S/C8H16N2O2S/c1-6(7-4-9-5-7)10-13(11,12)8-2-3-8/h6-10H,2-5H2,1H3. The van der Waals surface area contributed by atoms with Crippen molar-refractivity contribution in [1.29, 1.82) is 0 Å². The second-order valence-corrected chi connectivity index (χ2v) is 6.06. The summed E-state index contributed by atoms with van der Waals surface area (Å²) in [5, 5.41) is 3.04. The van der Waals surface area contributed by atoms with Crippen molar-refractivity contribution in [3.63, 3.8) is 0 Å². The van der Waals surface area contributed by atoms with E-state index in [1.165, 1.54) is 0 Å². The summed E-state index contributed by atoms with van der Waals surface area (Å²) in [5.41, 5.74) is 0. The molecule has 1 unspecified atom stereocenters. The average Bonchev–Trinajstić information content (AvgIpc) is 2.58. The first-order chi connectivity index (χ1) is 6.09. The van der Waals surface area contributed by atoms with Gasteiger partial charge < -0.3 is 5.32 Å². The Morgan fingerprint density at radius 3 is 2.38 bits per heavy atom. The predicted molar refractivity (Wildman–Crippen MR) is 50.9 cm³/mol. The van der Waals surface area contributed by atoms with Crippen LogP contribution < -0.4 is 10.0 Å². The van der Waals surface area contributed by atoms with Gasteiger partial charge in [0.05, 0.1) is 5.25 Å². The van der Waals surface area contributed by atoms with Crippen LogP contribution in [0.5, 0.6) is 0 Å². The lowest BCUT2D eigenvalue weighted by Gasteiger charge is -2.32. The third kappa shape index (κ3) is 2.03. The molecule has 2 N–H and O–H groups in total. The minimum Gasteiger partial charge on any atom is -0.316 e. The number of hydrogen-bond donors (Lipinski definition) is 2. The Bertz CT molecular complexity index is 281. The summed E-state index contributed by atoms with van der Waals surface area (Å²) in [5.74, 6) is 0.480. The molecule has 0 bridgehead atoms. The van der Waals surface area contributed by atoms with Crippen LogP contribution in [0.1, 0.15) is 19.8 Å². The van der Waals surface area contributed by atoms with E-state index in [0.29, 0.717) is 5.92 Å². The Labute approximate surface area is 79.1 Å². The molecule has 0 amide bonds. The molecular weight excluding hydrogens is 188 g/mol. The van der Waals surface area contributed by atoms with E-state index in [1.807, 2.05) is 6.92 Å². The fourth-order valence-corrected chi connectivity index (χ4v) is 3.15.